The van der Waals surface area contributed by atoms with E-state index < -0.39 is 0 Å². The van der Waals surface area contributed by atoms with Gasteiger partial charge in [-0.2, -0.15) is 5.10 Å². The SMILES string of the molecule is c1ccc(-n2ncc(C3CCC3)c2CC2CCCNC2)cc1. The third kappa shape index (κ3) is 2.70. The van der Waals surface area contributed by atoms with Crippen LogP contribution in [0.5, 0.6) is 0 Å². The van der Waals surface area contributed by atoms with Crippen LogP contribution in [-0.4, -0.2) is 22.9 Å². The highest BCUT2D eigenvalue weighted by Gasteiger charge is 2.27. The summed E-state index contributed by atoms with van der Waals surface area (Å²) >= 11 is 0. The van der Waals surface area contributed by atoms with Crippen LogP contribution >= 0.6 is 0 Å². The summed E-state index contributed by atoms with van der Waals surface area (Å²) in [7, 11) is 0. The summed E-state index contributed by atoms with van der Waals surface area (Å²) in [5.41, 5.74) is 4.18. The minimum Gasteiger partial charge on any atom is -0.316 e. The molecule has 1 aliphatic heterocycles. The third-order valence-electron chi connectivity index (χ3n) is 5.33. The number of hydrogen-bond donors (Lipinski definition) is 1. The van der Waals surface area contributed by atoms with Crippen LogP contribution in [0.2, 0.25) is 0 Å². The van der Waals surface area contributed by atoms with Crippen LogP contribution in [0, 0.1) is 5.92 Å². The molecular formula is C19H25N3. The molecule has 1 atom stereocenters. The van der Waals surface area contributed by atoms with Gasteiger partial charge in [-0.1, -0.05) is 24.6 Å². The lowest BCUT2D eigenvalue weighted by molar-refractivity contribution is 0.365. The maximum Gasteiger partial charge on any atom is 0.0648 e. The Morgan fingerprint density at radius 1 is 1.09 bits per heavy atom. The first-order chi connectivity index (χ1) is 10.9. The molecule has 4 rings (SSSR count). The summed E-state index contributed by atoms with van der Waals surface area (Å²) in [5, 5.41) is 8.30. The Balaban J connectivity index is 1.66. The molecule has 2 aliphatic rings. The highest BCUT2D eigenvalue weighted by Crippen LogP contribution is 2.39. The Kier molecular flexibility index (Phi) is 3.98. The topological polar surface area (TPSA) is 29.9 Å². The summed E-state index contributed by atoms with van der Waals surface area (Å²) in [6.07, 6.45) is 10.0. The molecule has 1 aromatic carbocycles. The zero-order valence-electron chi connectivity index (χ0n) is 13.2. The average molecular weight is 295 g/mol. The van der Waals surface area contributed by atoms with Crippen LogP contribution in [0.15, 0.2) is 36.5 Å². The smallest absolute Gasteiger partial charge is 0.0648 e. The van der Waals surface area contributed by atoms with Crippen LogP contribution in [-0.2, 0) is 6.42 Å². The predicted molar refractivity (Wildman–Crippen MR) is 89.5 cm³/mol. The molecule has 116 valence electrons. The number of benzene rings is 1. The average Bonchev–Trinajstić information content (AvgIpc) is 2.91. The first kappa shape index (κ1) is 14.0. The van der Waals surface area contributed by atoms with Crippen molar-refractivity contribution in [3.8, 4) is 5.69 Å². The molecular weight excluding hydrogens is 270 g/mol. The maximum absolute atomic E-state index is 4.75. The zero-order chi connectivity index (χ0) is 14.8. The van der Waals surface area contributed by atoms with Crippen molar-refractivity contribution < 1.29 is 0 Å². The molecule has 1 saturated heterocycles. The number of hydrogen-bond acceptors (Lipinski definition) is 2. The molecule has 1 saturated carbocycles. The minimum absolute atomic E-state index is 0.754. The van der Waals surface area contributed by atoms with Crippen molar-refractivity contribution in [1.29, 1.82) is 0 Å². The van der Waals surface area contributed by atoms with E-state index in [1.165, 1.54) is 55.6 Å². The molecule has 0 radical (unpaired) electrons. The second-order valence-corrected chi connectivity index (χ2v) is 6.84. The Bertz CT molecular complexity index is 607. The second-order valence-electron chi connectivity index (χ2n) is 6.84. The molecule has 22 heavy (non-hydrogen) atoms. The van der Waals surface area contributed by atoms with Gasteiger partial charge in [0.1, 0.15) is 0 Å². The number of nitrogens with one attached hydrogen (secondary N) is 1. The van der Waals surface area contributed by atoms with E-state index in [1.54, 1.807) is 0 Å². The van der Waals surface area contributed by atoms with Crippen molar-refractivity contribution in [2.75, 3.05) is 13.1 Å². The molecule has 0 bridgehead atoms. The predicted octanol–water partition coefficient (Wildman–Crippen LogP) is 3.68. The highest BCUT2D eigenvalue weighted by molar-refractivity contribution is 5.37. The highest BCUT2D eigenvalue weighted by atomic mass is 15.3. The van der Waals surface area contributed by atoms with E-state index in [9.17, 15) is 0 Å². The lowest BCUT2D eigenvalue weighted by atomic mass is 9.79. The van der Waals surface area contributed by atoms with Gasteiger partial charge in [0.25, 0.3) is 0 Å². The van der Waals surface area contributed by atoms with E-state index in [4.69, 9.17) is 5.10 Å². The fourth-order valence-electron chi connectivity index (χ4n) is 3.81. The fourth-order valence-corrected chi connectivity index (χ4v) is 3.81. The van der Waals surface area contributed by atoms with Gasteiger partial charge in [-0.25, -0.2) is 4.68 Å². The lowest BCUT2D eigenvalue weighted by Gasteiger charge is -2.28. The Hall–Kier alpha value is -1.61. The molecule has 3 heteroatoms. The lowest BCUT2D eigenvalue weighted by Crippen LogP contribution is -2.31. The molecule has 3 nitrogen and oxygen atoms in total. The number of nitrogens with zero attached hydrogens (tertiary/aromatic N) is 2. The van der Waals surface area contributed by atoms with E-state index in [-0.39, 0.29) is 0 Å². The second kappa shape index (κ2) is 6.25. The van der Waals surface area contributed by atoms with Crippen LogP contribution < -0.4 is 5.32 Å². The summed E-state index contributed by atoms with van der Waals surface area (Å²) in [6.45, 7) is 2.34. The van der Waals surface area contributed by atoms with Crippen molar-refractivity contribution in [3.05, 3.63) is 47.8 Å². The normalized spacial score (nSPS) is 22.5. The minimum atomic E-state index is 0.754. The maximum atomic E-state index is 4.75. The van der Waals surface area contributed by atoms with Crippen LogP contribution in [0.1, 0.15) is 49.3 Å². The molecule has 1 aromatic heterocycles. The van der Waals surface area contributed by atoms with Gasteiger partial charge >= 0.3 is 0 Å². The van der Waals surface area contributed by atoms with E-state index in [2.05, 4.69) is 46.5 Å². The Labute approximate surface area is 132 Å². The van der Waals surface area contributed by atoms with Gasteiger partial charge in [-0.05, 0) is 74.7 Å². The first-order valence-corrected chi connectivity index (χ1v) is 8.75. The molecule has 0 spiro atoms. The van der Waals surface area contributed by atoms with Crippen LogP contribution in [0.4, 0.5) is 0 Å². The van der Waals surface area contributed by atoms with E-state index in [0.717, 1.165) is 24.8 Å². The van der Waals surface area contributed by atoms with Crippen molar-refractivity contribution in [3.63, 3.8) is 0 Å². The van der Waals surface area contributed by atoms with Gasteiger partial charge in [-0.15, -0.1) is 0 Å². The van der Waals surface area contributed by atoms with Gasteiger partial charge in [0.05, 0.1) is 11.9 Å². The van der Waals surface area contributed by atoms with Crippen LogP contribution in [0.3, 0.4) is 0 Å². The zero-order valence-corrected chi connectivity index (χ0v) is 13.2. The van der Waals surface area contributed by atoms with Crippen molar-refractivity contribution in [2.45, 2.75) is 44.4 Å². The number of rotatable bonds is 4. The molecule has 2 fully saturated rings. The van der Waals surface area contributed by atoms with Crippen molar-refractivity contribution in [2.24, 2.45) is 5.92 Å². The molecule has 0 amide bonds. The molecule has 1 unspecified atom stereocenters. The van der Waals surface area contributed by atoms with Gasteiger partial charge in [0.15, 0.2) is 0 Å². The number of para-hydroxylation sites is 1. The summed E-state index contributed by atoms with van der Waals surface area (Å²) in [5.74, 6) is 1.51. The standard InChI is InChI=1S/C19H25N3/c1-2-9-17(10-3-1)22-19(12-15-6-5-11-20-13-15)18(14-21-22)16-7-4-8-16/h1-3,9-10,14-16,20H,4-8,11-13H2. The summed E-state index contributed by atoms with van der Waals surface area (Å²) in [6, 6.07) is 10.6. The van der Waals surface area contributed by atoms with Gasteiger partial charge in [-0.3, -0.25) is 0 Å². The van der Waals surface area contributed by atoms with Gasteiger partial charge < -0.3 is 5.32 Å². The molecule has 1 N–H and O–H groups in total. The summed E-state index contributed by atoms with van der Waals surface area (Å²) < 4.78 is 2.20. The Morgan fingerprint density at radius 3 is 2.64 bits per heavy atom. The monoisotopic (exact) mass is 295 g/mol. The Morgan fingerprint density at radius 2 is 1.95 bits per heavy atom. The van der Waals surface area contributed by atoms with E-state index in [1.807, 2.05) is 0 Å². The fraction of sp³-hybridized carbons (Fsp3) is 0.526. The van der Waals surface area contributed by atoms with Crippen molar-refractivity contribution in [1.82, 2.24) is 15.1 Å². The quantitative estimate of drug-likeness (QED) is 0.932. The van der Waals surface area contributed by atoms with E-state index >= 15 is 0 Å². The van der Waals surface area contributed by atoms with Crippen LogP contribution in [0.25, 0.3) is 5.69 Å². The number of piperidine rings is 1. The van der Waals surface area contributed by atoms with Crippen molar-refractivity contribution >= 4 is 0 Å². The first-order valence-electron chi connectivity index (χ1n) is 8.75. The summed E-state index contributed by atoms with van der Waals surface area (Å²) in [4.78, 5) is 0. The van der Waals surface area contributed by atoms with Gasteiger partial charge in [0, 0.05) is 5.69 Å². The third-order valence-corrected chi connectivity index (χ3v) is 5.33. The largest absolute Gasteiger partial charge is 0.316 e. The molecule has 2 aromatic rings. The molecule has 2 heterocycles. The van der Waals surface area contributed by atoms with E-state index in [0.29, 0.717) is 0 Å². The molecule has 1 aliphatic carbocycles. The number of aromatic nitrogens is 2. The van der Waals surface area contributed by atoms with Gasteiger partial charge in [0.2, 0.25) is 0 Å².